The van der Waals surface area contributed by atoms with E-state index in [0.717, 1.165) is 27.4 Å². The summed E-state index contributed by atoms with van der Waals surface area (Å²) in [5.74, 6) is 0.301. The van der Waals surface area contributed by atoms with Crippen LogP contribution in [0.1, 0.15) is 11.4 Å². The predicted molar refractivity (Wildman–Crippen MR) is 111 cm³/mol. The summed E-state index contributed by atoms with van der Waals surface area (Å²) in [4.78, 5) is 12.0. The van der Waals surface area contributed by atoms with Gasteiger partial charge in [0, 0.05) is 10.9 Å². The molecule has 0 N–H and O–H groups in total. The summed E-state index contributed by atoms with van der Waals surface area (Å²) < 4.78 is 20.4. The van der Waals surface area contributed by atoms with Gasteiger partial charge in [-0.1, -0.05) is 30.3 Å². The van der Waals surface area contributed by atoms with Gasteiger partial charge in [-0.25, -0.2) is 9.37 Å². The first kappa shape index (κ1) is 19.0. The highest BCUT2D eigenvalue weighted by Crippen LogP contribution is 2.40. The normalized spacial score (nSPS) is 11.0. The van der Waals surface area contributed by atoms with Crippen molar-refractivity contribution in [2.24, 2.45) is 0 Å². The maximum atomic E-state index is 14.5. The highest BCUT2D eigenvalue weighted by molar-refractivity contribution is 7.17. The minimum atomic E-state index is -0.610. The largest absolute Gasteiger partial charge is 0.435 e. The van der Waals surface area contributed by atoms with Crippen LogP contribution in [0.3, 0.4) is 0 Å². The van der Waals surface area contributed by atoms with Crippen LogP contribution in [0.15, 0.2) is 53.9 Å². The average molecular weight is 404 g/mol. The number of thiophene rings is 1. The van der Waals surface area contributed by atoms with Crippen molar-refractivity contribution in [1.82, 2.24) is 14.9 Å². The highest BCUT2D eigenvalue weighted by Gasteiger charge is 2.18. The van der Waals surface area contributed by atoms with Crippen LogP contribution in [0.4, 0.5) is 4.39 Å². The Hall–Kier alpha value is -3.34. The fourth-order valence-corrected chi connectivity index (χ4v) is 3.92. The molecule has 0 fully saturated rings. The van der Waals surface area contributed by atoms with Crippen molar-refractivity contribution < 1.29 is 9.13 Å². The first-order chi connectivity index (χ1) is 14.0. The quantitative estimate of drug-likeness (QED) is 0.456. The van der Waals surface area contributed by atoms with E-state index in [-0.39, 0.29) is 11.3 Å². The number of hydrogen-bond acceptors (Lipinski definition) is 6. The number of nitrogens with zero attached hydrogens (tertiary/aromatic N) is 4. The second-order valence-corrected chi connectivity index (χ2v) is 7.60. The number of ether oxygens (including phenoxy) is 1. The van der Waals surface area contributed by atoms with Crippen LogP contribution in [-0.4, -0.2) is 29.0 Å². The molecule has 0 spiro atoms. The van der Waals surface area contributed by atoms with E-state index in [2.05, 4.69) is 9.97 Å². The number of fused-ring (bicyclic) bond motifs is 1. The lowest BCUT2D eigenvalue weighted by molar-refractivity contribution is 0.383. The van der Waals surface area contributed by atoms with Gasteiger partial charge in [0.2, 0.25) is 5.88 Å². The number of hydrogen-bond donors (Lipinski definition) is 0. The van der Waals surface area contributed by atoms with Crippen LogP contribution in [0.25, 0.3) is 21.3 Å². The van der Waals surface area contributed by atoms with E-state index in [1.165, 1.54) is 23.5 Å². The van der Waals surface area contributed by atoms with Crippen molar-refractivity contribution in [2.75, 3.05) is 14.1 Å². The molecule has 5 nitrogen and oxygen atoms in total. The molecule has 0 amide bonds. The minimum Gasteiger partial charge on any atom is -0.435 e. The van der Waals surface area contributed by atoms with E-state index in [9.17, 15) is 4.39 Å². The Kier molecular flexibility index (Phi) is 5.21. The molecule has 0 atom stereocenters. The van der Waals surface area contributed by atoms with Gasteiger partial charge in [0.25, 0.3) is 0 Å². The molecule has 0 aliphatic carbocycles. The molecule has 144 valence electrons. The zero-order valence-electron chi connectivity index (χ0n) is 15.9. The number of benzene rings is 2. The van der Waals surface area contributed by atoms with Crippen molar-refractivity contribution in [2.45, 2.75) is 6.54 Å². The van der Waals surface area contributed by atoms with Gasteiger partial charge >= 0.3 is 0 Å². The average Bonchev–Trinajstić information content (AvgIpc) is 3.14. The molecule has 2 aromatic heterocycles. The van der Waals surface area contributed by atoms with Crippen molar-refractivity contribution in [3.63, 3.8) is 0 Å². The van der Waals surface area contributed by atoms with Gasteiger partial charge in [-0.05, 0) is 37.9 Å². The molecule has 29 heavy (non-hydrogen) atoms. The van der Waals surface area contributed by atoms with Crippen LogP contribution < -0.4 is 4.74 Å². The Labute approximate surface area is 171 Å². The topological polar surface area (TPSA) is 62.0 Å². The molecular formula is C22H17FN4OS. The summed E-state index contributed by atoms with van der Waals surface area (Å²) in [6, 6.07) is 15.9. The van der Waals surface area contributed by atoms with Gasteiger partial charge in [-0.15, -0.1) is 11.3 Å². The van der Waals surface area contributed by atoms with Crippen LogP contribution >= 0.6 is 11.3 Å². The van der Waals surface area contributed by atoms with Crippen LogP contribution in [0.5, 0.6) is 11.6 Å². The van der Waals surface area contributed by atoms with Crippen molar-refractivity contribution in [3.05, 3.63) is 71.1 Å². The fraction of sp³-hybridized carbons (Fsp3) is 0.136. The van der Waals surface area contributed by atoms with E-state index in [4.69, 9.17) is 10.00 Å². The summed E-state index contributed by atoms with van der Waals surface area (Å²) >= 11 is 1.50. The Morgan fingerprint density at radius 3 is 2.62 bits per heavy atom. The van der Waals surface area contributed by atoms with Gasteiger partial charge in [-0.3, -0.25) is 0 Å². The third kappa shape index (κ3) is 3.94. The molecule has 0 aliphatic heterocycles. The summed E-state index contributed by atoms with van der Waals surface area (Å²) in [6.45, 7) is 0.528. The Morgan fingerprint density at radius 2 is 1.93 bits per heavy atom. The Morgan fingerprint density at radius 1 is 1.14 bits per heavy atom. The van der Waals surface area contributed by atoms with E-state index >= 15 is 0 Å². The lowest BCUT2D eigenvalue weighted by atomic mass is 10.1. The molecule has 0 radical (unpaired) electrons. The molecule has 2 aromatic carbocycles. The zero-order valence-corrected chi connectivity index (χ0v) is 16.7. The van der Waals surface area contributed by atoms with Gasteiger partial charge in [0.15, 0.2) is 11.6 Å². The second-order valence-electron chi connectivity index (χ2n) is 6.74. The molecule has 0 bridgehead atoms. The predicted octanol–water partition coefficient (Wildman–Crippen LogP) is 5.22. The van der Waals surface area contributed by atoms with E-state index in [1.807, 2.05) is 60.8 Å². The van der Waals surface area contributed by atoms with Crippen LogP contribution in [0.2, 0.25) is 0 Å². The lowest BCUT2D eigenvalue weighted by Crippen LogP contribution is -2.13. The van der Waals surface area contributed by atoms with Crippen LogP contribution in [0, 0.1) is 17.1 Å². The third-order valence-corrected chi connectivity index (χ3v) is 5.13. The molecule has 7 heteroatoms. The molecule has 0 aliphatic rings. The molecule has 0 saturated carbocycles. The third-order valence-electron chi connectivity index (χ3n) is 4.26. The molecule has 0 unspecified atom stereocenters. The van der Waals surface area contributed by atoms with E-state index < -0.39 is 5.82 Å². The summed E-state index contributed by atoms with van der Waals surface area (Å²) in [7, 11) is 3.86. The molecule has 4 rings (SSSR count). The summed E-state index contributed by atoms with van der Waals surface area (Å²) in [5.41, 5.74) is 2.18. The molecule has 0 saturated heterocycles. The monoisotopic (exact) mass is 404 g/mol. The molecule has 4 aromatic rings. The van der Waals surface area contributed by atoms with Gasteiger partial charge in [-0.2, -0.15) is 10.2 Å². The van der Waals surface area contributed by atoms with E-state index in [1.54, 1.807) is 0 Å². The highest BCUT2D eigenvalue weighted by atomic mass is 32.1. The van der Waals surface area contributed by atoms with Gasteiger partial charge in [0.1, 0.15) is 10.7 Å². The maximum Gasteiger partial charge on any atom is 0.232 e. The van der Waals surface area contributed by atoms with Crippen molar-refractivity contribution >= 4 is 21.6 Å². The molecular weight excluding hydrogens is 387 g/mol. The maximum absolute atomic E-state index is 14.5. The Bertz CT molecular complexity index is 1210. The number of rotatable bonds is 5. The van der Waals surface area contributed by atoms with Crippen molar-refractivity contribution in [3.8, 4) is 28.8 Å². The first-order valence-corrected chi connectivity index (χ1v) is 9.79. The molecule has 2 heterocycles. The van der Waals surface area contributed by atoms with E-state index in [0.29, 0.717) is 18.2 Å². The zero-order chi connectivity index (χ0) is 20.4. The second kappa shape index (κ2) is 7.95. The minimum absolute atomic E-state index is 0.0185. The van der Waals surface area contributed by atoms with Gasteiger partial charge < -0.3 is 9.64 Å². The number of halogens is 1. The summed E-state index contributed by atoms with van der Waals surface area (Å²) in [6.07, 6.45) is 0. The smallest absolute Gasteiger partial charge is 0.232 e. The lowest BCUT2D eigenvalue weighted by Gasteiger charge is -2.12. The fourth-order valence-electron chi connectivity index (χ4n) is 2.97. The standard InChI is InChI=1S/C22H17FN4OS/c1-27(2)12-19-25-21(28-18-9-8-14(11-24)10-17(18)23)20-16(13-29-22(20)26-19)15-6-4-3-5-7-15/h3-10,13H,12H2,1-2H3. The SMILES string of the molecule is CN(C)Cc1nc(Oc2ccc(C#N)cc2F)c2c(-c3ccccc3)csc2n1. The first-order valence-electron chi connectivity index (χ1n) is 8.91. The Balaban J connectivity index is 1.87. The number of nitriles is 1. The number of aromatic nitrogens is 2. The van der Waals surface area contributed by atoms with Gasteiger partial charge in [0.05, 0.1) is 23.6 Å². The van der Waals surface area contributed by atoms with Crippen LogP contribution in [-0.2, 0) is 6.54 Å². The van der Waals surface area contributed by atoms with Crippen molar-refractivity contribution in [1.29, 1.82) is 5.26 Å². The summed E-state index contributed by atoms with van der Waals surface area (Å²) in [5, 5.41) is 11.7.